The molecule has 0 atom stereocenters. The summed E-state index contributed by atoms with van der Waals surface area (Å²) in [6.45, 7) is 5.17. The fraction of sp³-hybridized carbons (Fsp3) is 0.278. The Morgan fingerprint density at radius 2 is 2.00 bits per heavy atom. The average Bonchev–Trinajstić information content (AvgIpc) is 3.23. The summed E-state index contributed by atoms with van der Waals surface area (Å²) in [5, 5.41) is 18.4. The first-order chi connectivity index (χ1) is 11.7. The third-order valence-electron chi connectivity index (χ3n) is 3.46. The van der Waals surface area contributed by atoms with Crippen LogP contribution in [0, 0.1) is 17.2 Å². The van der Waals surface area contributed by atoms with Gasteiger partial charge in [-0.1, -0.05) is 37.7 Å². The molecule has 24 heavy (non-hydrogen) atoms. The van der Waals surface area contributed by atoms with E-state index < -0.39 is 0 Å². The van der Waals surface area contributed by atoms with Gasteiger partial charge in [0.25, 0.3) is 0 Å². The average molecular weight is 338 g/mol. The Morgan fingerprint density at radius 1 is 1.21 bits per heavy atom. The minimum absolute atomic E-state index is 0.476. The van der Waals surface area contributed by atoms with Crippen LogP contribution in [0.3, 0.4) is 0 Å². The maximum Gasteiger partial charge on any atom is 0.200 e. The summed E-state index contributed by atoms with van der Waals surface area (Å²) in [6.07, 6.45) is 1.65. The molecule has 5 nitrogen and oxygen atoms in total. The van der Waals surface area contributed by atoms with E-state index in [1.54, 1.807) is 18.0 Å². The van der Waals surface area contributed by atoms with Crippen LogP contribution in [0.4, 0.5) is 0 Å². The normalized spacial score (nSPS) is 10.9. The van der Waals surface area contributed by atoms with Gasteiger partial charge < -0.3 is 4.42 Å². The minimum atomic E-state index is 0.476. The third-order valence-corrected chi connectivity index (χ3v) is 4.50. The minimum Gasteiger partial charge on any atom is -0.461 e. The van der Waals surface area contributed by atoms with Gasteiger partial charge in [-0.05, 0) is 35.7 Å². The molecule has 0 saturated heterocycles. The summed E-state index contributed by atoms with van der Waals surface area (Å²) in [5.74, 6) is 2.74. The van der Waals surface area contributed by atoms with Gasteiger partial charge in [-0.2, -0.15) is 5.26 Å². The molecule has 0 aliphatic heterocycles. The summed E-state index contributed by atoms with van der Waals surface area (Å²) in [4.78, 5) is 0. The summed E-state index contributed by atoms with van der Waals surface area (Å²) in [6, 6.07) is 13.5. The summed E-state index contributed by atoms with van der Waals surface area (Å²) < 4.78 is 7.59. The topological polar surface area (TPSA) is 67.6 Å². The molecule has 3 rings (SSSR count). The summed E-state index contributed by atoms with van der Waals surface area (Å²) >= 11 is 1.64. The molecule has 0 aliphatic rings. The molecular formula is C18H18N4OS. The highest BCUT2D eigenvalue weighted by molar-refractivity contribution is 7.98. The lowest BCUT2D eigenvalue weighted by Gasteiger charge is -2.11. The molecule has 0 bridgehead atoms. The van der Waals surface area contributed by atoms with E-state index in [2.05, 4.69) is 34.7 Å². The van der Waals surface area contributed by atoms with Crippen LogP contribution in [-0.2, 0) is 12.3 Å². The number of nitrogens with zero attached hydrogens (tertiary/aromatic N) is 4. The molecule has 0 amide bonds. The number of benzene rings is 1. The molecule has 0 unspecified atom stereocenters. The first-order valence-corrected chi connectivity index (χ1v) is 8.75. The Hall–Kier alpha value is -2.52. The Bertz CT molecular complexity index is 829. The van der Waals surface area contributed by atoms with Crippen LogP contribution in [0.25, 0.3) is 11.6 Å². The Kier molecular flexibility index (Phi) is 5.02. The molecule has 122 valence electrons. The van der Waals surface area contributed by atoms with Crippen molar-refractivity contribution in [3.05, 3.63) is 53.8 Å². The Balaban J connectivity index is 1.80. The van der Waals surface area contributed by atoms with E-state index in [1.807, 2.05) is 36.4 Å². The van der Waals surface area contributed by atoms with Crippen molar-refractivity contribution in [3.8, 4) is 17.7 Å². The molecule has 0 aliphatic carbocycles. The number of furan rings is 1. The zero-order valence-corrected chi connectivity index (χ0v) is 14.5. The molecule has 0 saturated carbocycles. The van der Waals surface area contributed by atoms with E-state index in [-0.39, 0.29) is 0 Å². The molecule has 0 spiro atoms. The van der Waals surface area contributed by atoms with Crippen LogP contribution >= 0.6 is 11.8 Å². The second-order valence-electron chi connectivity index (χ2n) is 5.89. The van der Waals surface area contributed by atoms with Gasteiger partial charge in [0.2, 0.25) is 0 Å². The van der Waals surface area contributed by atoms with Crippen LogP contribution in [0.5, 0.6) is 0 Å². The van der Waals surface area contributed by atoms with E-state index in [4.69, 9.17) is 9.68 Å². The van der Waals surface area contributed by atoms with Gasteiger partial charge in [0.15, 0.2) is 16.7 Å². The first kappa shape index (κ1) is 16.3. The van der Waals surface area contributed by atoms with Gasteiger partial charge in [-0.25, -0.2) is 0 Å². The van der Waals surface area contributed by atoms with Gasteiger partial charge in [0.1, 0.15) is 0 Å². The lowest BCUT2D eigenvalue weighted by atomic mass is 10.2. The molecule has 3 aromatic rings. The van der Waals surface area contributed by atoms with Gasteiger partial charge in [-0.3, -0.25) is 4.57 Å². The molecule has 2 aromatic heterocycles. The van der Waals surface area contributed by atoms with E-state index in [9.17, 15) is 0 Å². The van der Waals surface area contributed by atoms with E-state index in [0.29, 0.717) is 11.5 Å². The SMILES string of the molecule is CC(C)Cn1c(SCc2ccc(C#N)cc2)nnc1-c1ccco1. The van der Waals surface area contributed by atoms with Crippen molar-refractivity contribution >= 4 is 11.8 Å². The van der Waals surface area contributed by atoms with Crippen molar-refractivity contribution in [2.75, 3.05) is 0 Å². The summed E-state index contributed by atoms with van der Waals surface area (Å²) in [5.41, 5.74) is 1.82. The number of nitriles is 1. The van der Waals surface area contributed by atoms with E-state index in [0.717, 1.165) is 34.6 Å². The standard InChI is InChI=1S/C18H18N4OS/c1-13(2)11-22-17(16-4-3-9-23-16)20-21-18(22)24-12-15-7-5-14(10-19)6-8-15/h3-9,13H,11-12H2,1-2H3. The smallest absolute Gasteiger partial charge is 0.200 e. The molecular weight excluding hydrogens is 320 g/mol. The van der Waals surface area contributed by atoms with Crippen molar-refractivity contribution in [2.45, 2.75) is 31.3 Å². The van der Waals surface area contributed by atoms with Crippen LogP contribution in [0.1, 0.15) is 25.0 Å². The second-order valence-corrected chi connectivity index (χ2v) is 6.83. The van der Waals surface area contributed by atoms with Crippen LogP contribution in [-0.4, -0.2) is 14.8 Å². The van der Waals surface area contributed by atoms with Crippen molar-refractivity contribution in [1.82, 2.24) is 14.8 Å². The highest BCUT2D eigenvalue weighted by Gasteiger charge is 2.17. The fourth-order valence-corrected chi connectivity index (χ4v) is 3.24. The van der Waals surface area contributed by atoms with Crippen molar-refractivity contribution in [3.63, 3.8) is 0 Å². The number of hydrogen-bond acceptors (Lipinski definition) is 5. The molecule has 1 aromatic carbocycles. The number of thioether (sulfide) groups is 1. The number of aromatic nitrogens is 3. The lowest BCUT2D eigenvalue weighted by Crippen LogP contribution is -2.07. The molecule has 0 radical (unpaired) electrons. The lowest BCUT2D eigenvalue weighted by molar-refractivity contribution is 0.489. The quantitative estimate of drug-likeness (QED) is 0.625. The van der Waals surface area contributed by atoms with Gasteiger partial charge >= 0.3 is 0 Å². The molecule has 6 heteroatoms. The predicted octanol–water partition coefficient (Wildman–Crippen LogP) is 4.36. The zero-order chi connectivity index (χ0) is 16.9. The van der Waals surface area contributed by atoms with Gasteiger partial charge in [-0.15, -0.1) is 10.2 Å². The highest BCUT2D eigenvalue weighted by atomic mass is 32.2. The third kappa shape index (κ3) is 3.69. The number of hydrogen-bond donors (Lipinski definition) is 0. The van der Waals surface area contributed by atoms with Gasteiger partial charge in [0.05, 0.1) is 17.9 Å². The fourth-order valence-electron chi connectivity index (χ4n) is 2.34. The highest BCUT2D eigenvalue weighted by Crippen LogP contribution is 2.27. The maximum atomic E-state index is 8.86. The Morgan fingerprint density at radius 3 is 2.62 bits per heavy atom. The monoisotopic (exact) mass is 338 g/mol. The van der Waals surface area contributed by atoms with Crippen LogP contribution in [0.15, 0.2) is 52.2 Å². The van der Waals surface area contributed by atoms with E-state index in [1.165, 1.54) is 0 Å². The van der Waals surface area contributed by atoms with Crippen molar-refractivity contribution in [2.24, 2.45) is 5.92 Å². The van der Waals surface area contributed by atoms with E-state index >= 15 is 0 Å². The zero-order valence-electron chi connectivity index (χ0n) is 13.6. The van der Waals surface area contributed by atoms with Crippen LogP contribution in [0.2, 0.25) is 0 Å². The van der Waals surface area contributed by atoms with Crippen molar-refractivity contribution in [1.29, 1.82) is 5.26 Å². The largest absolute Gasteiger partial charge is 0.461 e. The van der Waals surface area contributed by atoms with Crippen molar-refractivity contribution < 1.29 is 4.42 Å². The first-order valence-electron chi connectivity index (χ1n) is 7.76. The van der Waals surface area contributed by atoms with Gasteiger partial charge in [0, 0.05) is 12.3 Å². The van der Waals surface area contributed by atoms with Crippen LogP contribution < -0.4 is 0 Å². The second kappa shape index (κ2) is 7.37. The number of rotatable bonds is 6. The molecule has 0 fully saturated rings. The summed E-state index contributed by atoms with van der Waals surface area (Å²) in [7, 11) is 0. The molecule has 0 N–H and O–H groups in total. The predicted molar refractivity (Wildman–Crippen MR) is 93.3 cm³/mol. The Labute approximate surface area is 145 Å². The molecule has 2 heterocycles. The maximum absolute atomic E-state index is 8.86.